The maximum atomic E-state index is 12.4. The molecule has 1 amide bonds. The lowest BCUT2D eigenvalue weighted by Crippen LogP contribution is -2.38. The van der Waals surface area contributed by atoms with Crippen LogP contribution in [0.3, 0.4) is 0 Å². The molecule has 27 heavy (non-hydrogen) atoms. The average Bonchev–Trinajstić information content (AvgIpc) is 3.02. The van der Waals surface area contributed by atoms with Crippen LogP contribution in [0.25, 0.3) is 0 Å². The van der Waals surface area contributed by atoms with E-state index in [9.17, 15) is 4.79 Å². The van der Waals surface area contributed by atoms with Crippen molar-refractivity contribution in [2.24, 2.45) is 7.05 Å². The fourth-order valence-electron chi connectivity index (χ4n) is 3.47. The molecule has 0 aliphatic carbocycles. The first-order valence-electron chi connectivity index (χ1n) is 9.53. The molecule has 1 aliphatic heterocycles. The van der Waals surface area contributed by atoms with Crippen LogP contribution in [0.2, 0.25) is 0 Å². The van der Waals surface area contributed by atoms with Crippen LogP contribution >= 0.6 is 0 Å². The summed E-state index contributed by atoms with van der Waals surface area (Å²) in [6, 6.07) is 9.61. The first-order valence-corrected chi connectivity index (χ1v) is 9.53. The molecule has 3 rings (SSSR count). The third kappa shape index (κ3) is 5.07. The van der Waals surface area contributed by atoms with Crippen LogP contribution in [0.4, 0.5) is 0 Å². The van der Waals surface area contributed by atoms with Crippen LogP contribution in [0.1, 0.15) is 36.8 Å². The van der Waals surface area contributed by atoms with E-state index in [0.717, 1.165) is 49.9 Å². The Morgan fingerprint density at radius 2 is 1.89 bits per heavy atom. The Labute approximate surface area is 160 Å². The third-order valence-corrected chi connectivity index (χ3v) is 5.00. The molecule has 2 aromatic rings. The number of ether oxygens (including phenoxy) is 1. The van der Waals surface area contributed by atoms with Crippen LogP contribution in [0.15, 0.2) is 30.3 Å². The fourth-order valence-corrected chi connectivity index (χ4v) is 3.47. The number of likely N-dealkylation sites (tertiary alicyclic amines) is 1. The summed E-state index contributed by atoms with van der Waals surface area (Å²) in [5, 5.41) is 8.74. The van der Waals surface area contributed by atoms with Gasteiger partial charge in [-0.3, -0.25) is 4.79 Å². The zero-order valence-corrected chi connectivity index (χ0v) is 16.5. The lowest BCUT2D eigenvalue weighted by molar-refractivity contribution is -0.132. The molecule has 0 bridgehead atoms. The summed E-state index contributed by atoms with van der Waals surface area (Å²) in [7, 11) is 6.09. The lowest BCUT2D eigenvalue weighted by Gasteiger charge is -2.31. The Morgan fingerprint density at radius 1 is 1.19 bits per heavy atom. The average molecular weight is 371 g/mol. The number of hydrogen-bond acceptors (Lipinski definition) is 5. The molecule has 7 heteroatoms. The summed E-state index contributed by atoms with van der Waals surface area (Å²) in [5.74, 6) is 3.34. The van der Waals surface area contributed by atoms with Gasteiger partial charge in [-0.2, -0.15) is 0 Å². The number of rotatable bonds is 7. The fraction of sp³-hybridized carbons (Fsp3) is 0.550. The van der Waals surface area contributed by atoms with Crippen molar-refractivity contribution in [3.63, 3.8) is 0 Å². The van der Waals surface area contributed by atoms with Gasteiger partial charge in [-0.25, -0.2) is 0 Å². The summed E-state index contributed by atoms with van der Waals surface area (Å²) in [5.41, 5.74) is 0. The Hall–Kier alpha value is -2.41. The number of carbonyl (C=O) groups excluding carboxylic acids is 1. The van der Waals surface area contributed by atoms with Crippen molar-refractivity contribution in [2.75, 3.05) is 33.8 Å². The Kier molecular flexibility index (Phi) is 6.45. The first-order chi connectivity index (χ1) is 13.0. The van der Waals surface area contributed by atoms with Crippen LogP contribution in [-0.4, -0.2) is 64.3 Å². The minimum Gasteiger partial charge on any atom is -0.493 e. The molecule has 1 aromatic heterocycles. The van der Waals surface area contributed by atoms with Gasteiger partial charge in [0.05, 0.1) is 19.6 Å². The van der Waals surface area contributed by atoms with Gasteiger partial charge in [0.25, 0.3) is 0 Å². The second-order valence-corrected chi connectivity index (χ2v) is 7.34. The van der Waals surface area contributed by atoms with Gasteiger partial charge in [0, 0.05) is 26.1 Å². The summed E-state index contributed by atoms with van der Waals surface area (Å²) in [6.45, 7) is 2.73. The zero-order valence-electron chi connectivity index (χ0n) is 16.5. The second-order valence-electron chi connectivity index (χ2n) is 7.34. The number of benzene rings is 1. The molecule has 146 valence electrons. The van der Waals surface area contributed by atoms with Crippen LogP contribution in [0.5, 0.6) is 5.75 Å². The van der Waals surface area contributed by atoms with E-state index in [1.807, 2.05) is 56.4 Å². The van der Waals surface area contributed by atoms with E-state index >= 15 is 0 Å². The number of nitrogens with zero attached hydrogens (tertiary/aromatic N) is 5. The van der Waals surface area contributed by atoms with Gasteiger partial charge in [-0.1, -0.05) is 18.2 Å². The molecule has 0 unspecified atom stereocenters. The minimum absolute atomic E-state index is 0.163. The number of aromatic nitrogens is 3. The lowest BCUT2D eigenvalue weighted by atomic mass is 9.95. The van der Waals surface area contributed by atoms with Gasteiger partial charge < -0.3 is 19.1 Å². The van der Waals surface area contributed by atoms with E-state index in [4.69, 9.17) is 4.74 Å². The van der Waals surface area contributed by atoms with Gasteiger partial charge >= 0.3 is 0 Å². The highest BCUT2D eigenvalue weighted by atomic mass is 16.5. The second kappa shape index (κ2) is 8.99. The maximum Gasteiger partial charge on any atom is 0.225 e. The van der Waals surface area contributed by atoms with Crippen molar-refractivity contribution in [2.45, 2.75) is 31.7 Å². The van der Waals surface area contributed by atoms with Crippen LogP contribution in [-0.2, 0) is 18.4 Å². The van der Waals surface area contributed by atoms with Crippen LogP contribution in [0, 0.1) is 0 Å². The van der Waals surface area contributed by atoms with E-state index in [0.29, 0.717) is 18.9 Å². The summed E-state index contributed by atoms with van der Waals surface area (Å²) >= 11 is 0. The van der Waals surface area contributed by atoms with Gasteiger partial charge in [0.15, 0.2) is 0 Å². The van der Waals surface area contributed by atoms with Gasteiger partial charge in [0.2, 0.25) is 5.91 Å². The van der Waals surface area contributed by atoms with Crippen LogP contribution < -0.4 is 4.74 Å². The zero-order chi connectivity index (χ0) is 19.2. The normalized spacial score (nSPS) is 15.3. The molecule has 1 fully saturated rings. The number of piperidine rings is 1. The van der Waals surface area contributed by atoms with Crippen molar-refractivity contribution in [3.05, 3.63) is 42.0 Å². The molecule has 1 saturated heterocycles. The monoisotopic (exact) mass is 371 g/mol. The standard InChI is InChI=1S/C20H29N5O2/c1-23(2)15-18-21-22-20(24(18)3)16-9-12-25(13-10-16)19(26)11-14-27-17-7-5-4-6-8-17/h4-8,16H,9-15H2,1-3H3. The molecular formula is C20H29N5O2. The number of para-hydroxylation sites is 1. The van der Waals surface area contributed by atoms with Gasteiger partial charge in [0.1, 0.15) is 17.4 Å². The molecule has 0 atom stereocenters. The quantitative estimate of drug-likeness (QED) is 0.745. The Balaban J connectivity index is 1.46. The molecule has 0 radical (unpaired) electrons. The predicted octanol–water partition coefficient (Wildman–Crippen LogP) is 2.05. The molecule has 0 spiro atoms. The van der Waals surface area contributed by atoms with Crippen molar-refractivity contribution in [1.29, 1.82) is 0 Å². The molecule has 2 heterocycles. The number of amides is 1. The van der Waals surface area contributed by atoms with E-state index < -0.39 is 0 Å². The summed E-state index contributed by atoms with van der Waals surface area (Å²) in [4.78, 5) is 16.5. The number of carbonyl (C=O) groups is 1. The van der Waals surface area contributed by atoms with Crippen molar-refractivity contribution < 1.29 is 9.53 Å². The van der Waals surface area contributed by atoms with E-state index in [2.05, 4.69) is 19.7 Å². The molecule has 1 aliphatic rings. The van der Waals surface area contributed by atoms with E-state index in [-0.39, 0.29) is 5.91 Å². The molecule has 0 saturated carbocycles. The smallest absolute Gasteiger partial charge is 0.225 e. The third-order valence-electron chi connectivity index (χ3n) is 5.00. The van der Waals surface area contributed by atoms with E-state index in [1.54, 1.807) is 0 Å². The SMILES string of the molecule is CN(C)Cc1nnc(C2CCN(C(=O)CCOc3ccccc3)CC2)n1C. The predicted molar refractivity (Wildman–Crippen MR) is 104 cm³/mol. The minimum atomic E-state index is 0.163. The van der Waals surface area contributed by atoms with Gasteiger partial charge in [-0.15, -0.1) is 10.2 Å². The summed E-state index contributed by atoms with van der Waals surface area (Å²) in [6.07, 6.45) is 2.27. The maximum absolute atomic E-state index is 12.4. The topological polar surface area (TPSA) is 63.5 Å². The highest BCUT2D eigenvalue weighted by Crippen LogP contribution is 2.27. The Morgan fingerprint density at radius 3 is 2.56 bits per heavy atom. The number of hydrogen-bond donors (Lipinski definition) is 0. The summed E-state index contributed by atoms with van der Waals surface area (Å²) < 4.78 is 7.74. The molecule has 0 N–H and O–H groups in total. The van der Waals surface area contributed by atoms with E-state index in [1.165, 1.54) is 0 Å². The first kappa shape index (κ1) is 19.4. The highest BCUT2D eigenvalue weighted by molar-refractivity contribution is 5.76. The molecule has 1 aromatic carbocycles. The van der Waals surface area contributed by atoms with Crippen molar-refractivity contribution in [3.8, 4) is 5.75 Å². The van der Waals surface area contributed by atoms with Crippen molar-refractivity contribution in [1.82, 2.24) is 24.6 Å². The molecule has 7 nitrogen and oxygen atoms in total. The van der Waals surface area contributed by atoms with Gasteiger partial charge in [-0.05, 0) is 39.1 Å². The highest BCUT2D eigenvalue weighted by Gasteiger charge is 2.27. The largest absolute Gasteiger partial charge is 0.493 e. The van der Waals surface area contributed by atoms with Crippen molar-refractivity contribution >= 4 is 5.91 Å². The Bertz CT molecular complexity index is 736. The molecular weight excluding hydrogens is 342 g/mol.